The molecule has 108 valence electrons. The highest BCUT2D eigenvalue weighted by Gasteiger charge is 2.31. The molecule has 1 aliphatic heterocycles. The number of carbonyl (C=O) groups excluding carboxylic acids is 2. The second-order valence-corrected chi connectivity index (χ2v) is 4.61. The number of likely N-dealkylation sites (tertiary alicyclic amines) is 1. The minimum Gasteiger partial charge on any atom is -0.497 e. The Labute approximate surface area is 117 Å². The van der Waals surface area contributed by atoms with E-state index >= 15 is 0 Å². The number of amides is 2. The van der Waals surface area contributed by atoms with Gasteiger partial charge in [0.25, 0.3) is 0 Å². The average molecular weight is 278 g/mol. The van der Waals surface area contributed by atoms with Crippen molar-refractivity contribution >= 4 is 11.8 Å². The molecular weight excluding hydrogens is 260 g/mol. The number of carbonyl (C=O) groups is 2. The predicted octanol–water partition coefficient (Wildman–Crippen LogP) is 0.853. The SMILES string of the molecule is COc1ccc(OC)c(C(N)CN2C(=O)CCC2=O)c1. The lowest BCUT2D eigenvalue weighted by atomic mass is 10.1. The molecule has 6 nitrogen and oxygen atoms in total. The van der Waals surface area contributed by atoms with Crippen molar-refractivity contribution in [1.29, 1.82) is 0 Å². The third-order valence-corrected chi connectivity index (χ3v) is 3.37. The van der Waals surface area contributed by atoms with Gasteiger partial charge in [-0.1, -0.05) is 0 Å². The Balaban J connectivity index is 2.21. The van der Waals surface area contributed by atoms with Crippen LogP contribution in [0.25, 0.3) is 0 Å². The number of hydrogen-bond acceptors (Lipinski definition) is 5. The van der Waals surface area contributed by atoms with Gasteiger partial charge in [0.2, 0.25) is 11.8 Å². The molecule has 0 aromatic heterocycles. The molecule has 1 fully saturated rings. The summed E-state index contributed by atoms with van der Waals surface area (Å²) in [5.74, 6) is 0.910. The number of imide groups is 1. The zero-order chi connectivity index (χ0) is 14.7. The van der Waals surface area contributed by atoms with E-state index in [1.165, 1.54) is 4.90 Å². The van der Waals surface area contributed by atoms with Crippen molar-refractivity contribution in [1.82, 2.24) is 4.90 Å². The van der Waals surface area contributed by atoms with E-state index in [1.807, 2.05) is 0 Å². The van der Waals surface area contributed by atoms with Crippen LogP contribution in [0.2, 0.25) is 0 Å². The van der Waals surface area contributed by atoms with Gasteiger partial charge in [0.15, 0.2) is 0 Å². The topological polar surface area (TPSA) is 81.9 Å². The van der Waals surface area contributed by atoms with Crippen molar-refractivity contribution in [2.45, 2.75) is 18.9 Å². The Kier molecular flexibility index (Phi) is 4.24. The number of hydrogen-bond donors (Lipinski definition) is 1. The molecule has 6 heteroatoms. The molecule has 1 unspecified atom stereocenters. The minimum atomic E-state index is -0.508. The van der Waals surface area contributed by atoms with Gasteiger partial charge in [-0.05, 0) is 18.2 Å². The van der Waals surface area contributed by atoms with Crippen molar-refractivity contribution in [3.8, 4) is 11.5 Å². The quantitative estimate of drug-likeness (QED) is 0.808. The Hall–Kier alpha value is -2.08. The van der Waals surface area contributed by atoms with Crippen LogP contribution in [-0.4, -0.2) is 37.5 Å². The summed E-state index contributed by atoms with van der Waals surface area (Å²) in [5.41, 5.74) is 6.83. The first kappa shape index (κ1) is 14.3. The molecule has 1 aromatic carbocycles. The highest BCUT2D eigenvalue weighted by atomic mass is 16.5. The van der Waals surface area contributed by atoms with Crippen LogP contribution >= 0.6 is 0 Å². The van der Waals surface area contributed by atoms with Gasteiger partial charge in [0, 0.05) is 24.9 Å². The number of benzene rings is 1. The molecule has 2 N–H and O–H groups in total. The Morgan fingerprint density at radius 1 is 1.20 bits per heavy atom. The molecule has 1 saturated heterocycles. The van der Waals surface area contributed by atoms with Crippen molar-refractivity contribution < 1.29 is 19.1 Å². The van der Waals surface area contributed by atoms with Crippen LogP contribution in [0.3, 0.4) is 0 Å². The zero-order valence-corrected chi connectivity index (χ0v) is 11.6. The predicted molar refractivity (Wildman–Crippen MR) is 72.4 cm³/mol. The molecule has 0 saturated carbocycles. The van der Waals surface area contributed by atoms with Crippen LogP contribution in [0.1, 0.15) is 24.4 Å². The van der Waals surface area contributed by atoms with E-state index in [-0.39, 0.29) is 31.2 Å². The Morgan fingerprint density at radius 2 is 1.85 bits per heavy atom. The molecule has 1 atom stereocenters. The number of rotatable bonds is 5. The van der Waals surface area contributed by atoms with Crippen LogP contribution in [0.4, 0.5) is 0 Å². The average Bonchev–Trinajstić information content (AvgIpc) is 2.78. The summed E-state index contributed by atoms with van der Waals surface area (Å²) in [6, 6.07) is 4.77. The lowest BCUT2D eigenvalue weighted by Crippen LogP contribution is -2.36. The monoisotopic (exact) mass is 278 g/mol. The summed E-state index contributed by atoms with van der Waals surface area (Å²) in [4.78, 5) is 24.5. The molecular formula is C14H18N2O4. The van der Waals surface area contributed by atoms with Gasteiger partial charge < -0.3 is 15.2 Å². The molecule has 1 aromatic rings. The van der Waals surface area contributed by atoms with E-state index in [0.717, 1.165) is 0 Å². The van der Waals surface area contributed by atoms with Crippen LogP contribution in [0.5, 0.6) is 11.5 Å². The standard InChI is InChI=1S/C14H18N2O4/c1-19-9-3-4-12(20-2)10(7-9)11(15)8-16-13(17)5-6-14(16)18/h3-4,7,11H,5-6,8,15H2,1-2H3. The summed E-state index contributed by atoms with van der Waals surface area (Å²) in [7, 11) is 3.11. The molecule has 2 amide bonds. The molecule has 0 bridgehead atoms. The molecule has 1 heterocycles. The second kappa shape index (κ2) is 5.92. The third-order valence-electron chi connectivity index (χ3n) is 3.37. The first-order chi connectivity index (χ1) is 9.56. The van der Waals surface area contributed by atoms with Gasteiger partial charge in [-0.3, -0.25) is 14.5 Å². The number of nitrogens with zero attached hydrogens (tertiary/aromatic N) is 1. The minimum absolute atomic E-state index is 0.154. The molecule has 0 spiro atoms. The van der Waals surface area contributed by atoms with Crippen molar-refractivity contribution in [2.75, 3.05) is 20.8 Å². The van der Waals surface area contributed by atoms with E-state index in [1.54, 1.807) is 32.4 Å². The first-order valence-electron chi connectivity index (χ1n) is 6.37. The maximum atomic E-state index is 11.6. The summed E-state index contributed by atoms with van der Waals surface area (Å²) in [6.07, 6.45) is 0.529. The maximum Gasteiger partial charge on any atom is 0.229 e. The smallest absolute Gasteiger partial charge is 0.229 e. The van der Waals surface area contributed by atoms with E-state index < -0.39 is 6.04 Å². The fraction of sp³-hybridized carbons (Fsp3) is 0.429. The molecule has 2 rings (SSSR count). The van der Waals surface area contributed by atoms with Gasteiger partial charge in [-0.15, -0.1) is 0 Å². The van der Waals surface area contributed by atoms with Gasteiger partial charge in [-0.2, -0.15) is 0 Å². The number of nitrogens with two attached hydrogens (primary N) is 1. The van der Waals surface area contributed by atoms with E-state index in [4.69, 9.17) is 15.2 Å². The van der Waals surface area contributed by atoms with Crippen LogP contribution in [-0.2, 0) is 9.59 Å². The van der Waals surface area contributed by atoms with Crippen molar-refractivity contribution in [3.63, 3.8) is 0 Å². The summed E-state index contributed by atoms with van der Waals surface area (Å²) in [5, 5.41) is 0. The van der Waals surface area contributed by atoms with Gasteiger partial charge in [0.1, 0.15) is 11.5 Å². The third kappa shape index (κ3) is 2.75. The van der Waals surface area contributed by atoms with Crippen molar-refractivity contribution in [3.05, 3.63) is 23.8 Å². The lowest BCUT2D eigenvalue weighted by molar-refractivity contribution is -0.138. The fourth-order valence-corrected chi connectivity index (χ4v) is 2.25. The van der Waals surface area contributed by atoms with E-state index in [0.29, 0.717) is 17.1 Å². The molecule has 0 radical (unpaired) electrons. The molecule has 0 aliphatic carbocycles. The summed E-state index contributed by atoms with van der Waals surface area (Å²) in [6.45, 7) is 0.154. The van der Waals surface area contributed by atoms with Gasteiger partial charge in [-0.25, -0.2) is 0 Å². The van der Waals surface area contributed by atoms with Gasteiger partial charge in [0.05, 0.1) is 20.3 Å². The second-order valence-electron chi connectivity index (χ2n) is 4.61. The van der Waals surface area contributed by atoms with Crippen LogP contribution < -0.4 is 15.2 Å². The Bertz CT molecular complexity index is 514. The number of methoxy groups -OCH3 is 2. The zero-order valence-electron chi connectivity index (χ0n) is 11.6. The maximum absolute atomic E-state index is 11.6. The molecule has 20 heavy (non-hydrogen) atoms. The van der Waals surface area contributed by atoms with Crippen LogP contribution in [0, 0.1) is 0 Å². The molecule has 1 aliphatic rings. The van der Waals surface area contributed by atoms with Gasteiger partial charge >= 0.3 is 0 Å². The lowest BCUT2D eigenvalue weighted by Gasteiger charge is -2.21. The van der Waals surface area contributed by atoms with E-state index in [2.05, 4.69) is 0 Å². The van der Waals surface area contributed by atoms with Crippen LogP contribution in [0.15, 0.2) is 18.2 Å². The Morgan fingerprint density at radius 3 is 2.40 bits per heavy atom. The van der Waals surface area contributed by atoms with E-state index in [9.17, 15) is 9.59 Å². The summed E-state index contributed by atoms with van der Waals surface area (Å²) < 4.78 is 10.4. The summed E-state index contributed by atoms with van der Waals surface area (Å²) >= 11 is 0. The normalized spacial score (nSPS) is 16.4. The van der Waals surface area contributed by atoms with Crippen molar-refractivity contribution in [2.24, 2.45) is 5.73 Å². The largest absolute Gasteiger partial charge is 0.497 e. The number of ether oxygens (including phenoxy) is 2. The highest BCUT2D eigenvalue weighted by Crippen LogP contribution is 2.29. The highest BCUT2D eigenvalue weighted by molar-refractivity contribution is 6.01. The first-order valence-corrected chi connectivity index (χ1v) is 6.37. The fourth-order valence-electron chi connectivity index (χ4n) is 2.25.